The number of nitro benzene ring substituents is 1. The lowest BCUT2D eigenvalue weighted by atomic mass is 10.0. The van der Waals surface area contributed by atoms with E-state index >= 15 is 0 Å². The van der Waals surface area contributed by atoms with E-state index in [1.165, 1.54) is 28.9 Å². The van der Waals surface area contributed by atoms with Crippen LogP contribution in [0.15, 0.2) is 30.3 Å². The number of carbonyl (C=O) groups is 2. The van der Waals surface area contributed by atoms with Gasteiger partial charge in [0.15, 0.2) is 5.69 Å². The molecule has 1 aromatic heterocycles. The monoisotopic (exact) mass is 537 g/mol. The first kappa shape index (κ1) is 27.6. The van der Waals surface area contributed by atoms with Gasteiger partial charge in [-0.1, -0.05) is 28.0 Å². The second-order valence-corrected chi connectivity index (χ2v) is 7.69. The van der Waals surface area contributed by atoms with Gasteiger partial charge in [0, 0.05) is 18.1 Å². The number of benzene rings is 2. The number of hydrogen-bond donors (Lipinski definition) is 2. The number of nitrogens with two attached hydrogens (primary N) is 1. The maximum absolute atomic E-state index is 13.2. The number of nitrogens with zero attached hydrogens (tertiary/aromatic N) is 3. The maximum atomic E-state index is 13.2. The molecule has 1 heterocycles. The number of nitro groups is 1. The highest BCUT2D eigenvalue weighted by Gasteiger charge is 2.30. The van der Waals surface area contributed by atoms with E-state index < -0.39 is 22.9 Å². The molecular weight excluding hydrogens is 522 g/mol. The zero-order valence-corrected chi connectivity index (χ0v) is 19.0. The largest absolute Gasteiger partial charge is 0.595 e. The van der Waals surface area contributed by atoms with Crippen molar-refractivity contribution in [3.05, 3.63) is 67.0 Å². The van der Waals surface area contributed by atoms with E-state index in [2.05, 4.69) is 5.73 Å². The van der Waals surface area contributed by atoms with E-state index in [1.54, 1.807) is 0 Å². The number of anilines is 1. The third-order valence-corrected chi connectivity index (χ3v) is 5.16. The Kier molecular flexibility index (Phi) is 8.49. The van der Waals surface area contributed by atoms with Gasteiger partial charge in [-0.2, -0.15) is 13.2 Å². The van der Waals surface area contributed by atoms with Crippen molar-refractivity contribution in [2.75, 3.05) is 12.3 Å². The number of fused-ring (bicyclic) bond motifs is 1. The lowest BCUT2D eigenvalue weighted by Gasteiger charge is -2.08. The fourth-order valence-corrected chi connectivity index (χ4v) is 3.39. The van der Waals surface area contributed by atoms with E-state index in [0.717, 1.165) is 6.07 Å². The normalized spacial score (nSPS) is 11.1. The Morgan fingerprint density at radius 1 is 1.17 bits per heavy atom. The summed E-state index contributed by atoms with van der Waals surface area (Å²) >= 11 is 12.1. The van der Waals surface area contributed by atoms with Crippen molar-refractivity contribution in [2.45, 2.75) is 19.1 Å². The Morgan fingerprint density at radius 3 is 2.17 bits per heavy atom. The second kappa shape index (κ2) is 10.8. The number of alkyl halides is 3. The quantitative estimate of drug-likeness (QED) is 0.118. The molecule has 3 aromatic rings. The van der Waals surface area contributed by atoms with Gasteiger partial charge in [0.05, 0.1) is 45.2 Å². The number of ketones is 1. The average molecular weight is 538 g/mol. The van der Waals surface area contributed by atoms with Crippen LogP contribution in [0, 0.1) is 15.3 Å². The lowest BCUT2D eigenvalue weighted by molar-refractivity contribution is -0.670. The predicted molar refractivity (Wildman–Crippen MR) is 115 cm³/mol. The van der Waals surface area contributed by atoms with Crippen LogP contribution in [0.5, 0.6) is 0 Å². The molecule has 2 aromatic carbocycles. The summed E-state index contributed by atoms with van der Waals surface area (Å²) < 4.78 is 32.8. The Balaban J connectivity index is 0.000000540. The molecule has 3 rings (SSSR count). The summed E-state index contributed by atoms with van der Waals surface area (Å²) in [7, 11) is 0. The summed E-state index contributed by atoms with van der Waals surface area (Å²) in [5.41, 5.74) is 9.62. The molecule has 16 heteroatoms. The first-order valence-electron chi connectivity index (χ1n) is 9.47. The third-order valence-electron chi connectivity index (χ3n) is 4.54. The summed E-state index contributed by atoms with van der Waals surface area (Å²) in [6, 6.07) is 6.51. The topological polar surface area (TPSA) is 186 Å². The molecule has 0 radical (unpaired) electrons. The maximum Gasteiger partial charge on any atom is 0.430 e. The number of carbonyl (C=O) groups excluding carboxylic acids is 2. The second-order valence-electron chi connectivity index (χ2n) is 6.88. The number of nitrogen functional groups attached to an aromatic ring is 1. The Labute approximate surface area is 203 Å². The Morgan fingerprint density at radius 2 is 1.71 bits per heavy atom. The van der Waals surface area contributed by atoms with Crippen molar-refractivity contribution in [1.29, 1.82) is 0 Å². The van der Waals surface area contributed by atoms with E-state index in [0.29, 0.717) is 23.2 Å². The van der Waals surface area contributed by atoms with Crippen LogP contribution in [0.2, 0.25) is 10.0 Å². The molecule has 35 heavy (non-hydrogen) atoms. The third kappa shape index (κ3) is 6.09. The molecule has 0 unspecified atom stereocenters. The fourth-order valence-electron chi connectivity index (χ4n) is 2.91. The van der Waals surface area contributed by atoms with Crippen molar-refractivity contribution in [3.8, 4) is 0 Å². The summed E-state index contributed by atoms with van der Waals surface area (Å²) in [4.78, 5) is 32.9. The van der Waals surface area contributed by atoms with Gasteiger partial charge >= 0.3 is 6.18 Å². The SMILES string of the molecule is Nc1c(Cl)cc(C(=O)c2c3ccc([N+](=O)[O-])cc3[n+]([O-])n2CCC[NH3+])cc1Cl.O=C([O-])C(F)(F)F. The Bertz CT molecular complexity index is 1290. The van der Waals surface area contributed by atoms with Crippen LogP contribution in [-0.2, 0) is 11.3 Å². The number of rotatable bonds is 6. The van der Waals surface area contributed by atoms with E-state index in [1.807, 2.05) is 0 Å². The number of aromatic nitrogens is 2. The average Bonchev–Trinajstić information content (AvgIpc) is 3.05. The molecule has 0 aliphatic heterocycles. The van der Waals surface area contributed by atoms with Crippen LogP contribution in [0.1, 0.15) is 22.5 Å². The molecule has 5 N–H and O–H groups in total. The van der Waals surface area contributed by atoms with Gasteiger partial charge in [-0.05, 0) is 18.2 Å². The van der Waals surface area contributed by atoms with E-state index in [4.69, 9.17) is 38.8 Å². The van der Waals surface area contributed by atoms with E-state index in [-0.39, 0.29) is 44.7 Å². The Hall–Kier alpha value is -3.62. The molecule has 0 aliphatic rings. The van der Waals surface area contributed by atoms with E-state index in [9.17, 15) is 33.3 Å². The highest BCUT2D eigenvalue weighted by atomic mass is 35.5. The lowest BCUT2D eigenvalue weighted by Crippen LogP contribution is -2.51. The molecule has 0 spiro atoms. The van der Waals surface area contributed by atoms with Crippen LogP contribution in [-0.4, -0.2) is 34.1 Å². The molecule has 0 fully saturated rings. The van der Waals surface area contributed by atoms with Crippen molar-refractivity contribution in [3.63, 3.8) is 0 Å². The number of carboxylic acids is 1. The van der Waals surface area contributed by atoms with Gasteiger partial charge in [-0.25, -0.2) is 0 Å². The number of quaternary nitrogens is 1. The molecule has 0 saturated carbocycles. The smallest absolute Gasteiger partial charge is 0.430 e. The van der Waals surface area contributed by atoms with Gasteiger partial charge in [-0.3, -0.25) is 14.9 Å². The van der Waals surface area contributed by atoms with Crippen LogP contribution >= 0.6 is 23.2 Å². The minimum absolute atomic E-state index is 0.0225. The number of aliphatic carboxylic acids is 1. The highest BCUT2D eigenvalue weighted by Crippen LogP contribution is 2.31. The molecule has 0 atom stereocenters. The van der Waals surface area contributed by atoms with Gasteiger partial charge in [0.2, 0.25) is 5.78 Å². The van der Waals surface area contributed by atoms with Crippen molar-refractivity contribution < 1.29 is 43.4 Å². The van der Waals surface area contributed by atoms with Gasteiger partial charge in [-0.15, -0.1) is 4.68 Å². The number of hydrogen-bond acceptors (Lipinski definition) is 7. The minimum Gasteiger partial charge on any atom is -0.595 e. The summed E-state index contributed by atoms with van der Waals surface area (Å²) in [5, 5.41) is 33.1. The zero-order valence-electron chi connectivity index (χ0n) is 17.5. The number of halogens is 5. The molecule has 0 bridgehead atoms. The van der Waals surface area contributed by atoms with Crippen molar-refractivity contribution >= 4 is 57.2 Å². The van der Waals surface area contributed by atoms with Crippen LogP contribution < -0.4 is 21.4 Å². The summed E-state index contributed by atoms with van der Waals surface area (Å²) in [6.07, 6.45) is -4.66. The standard InChI is InChI=1S/C17H15Cl2N5O4.C2HF3O2/c18-12-6-9(7-13(19)15(12)21)17(25)16-11-3-2-10(24(27)28)8-14(11)23(26)22(16)5-1-4-20;3-2(4,5)1(6)7/h2-3,6-8H,1,4-5,20-21H2;(H,6,7). The molecule has 0 amide bonds. The van der Waals surface area contributed by atoms with Crippen LogP contribution in [0.25, 0.3) is 10.9 Å². The zero-order chi connectivity index (χ0) is 26.7. The number of non-ortho nitro benzene ring substituents is 1. The molecule has 11 nitrogen and oxygen atoms in total. The minimum atomic E-state index is -5.19. The first-order chi connectivity index (χ1) is 16.2. The molecular formula is C19H16Cl2F3N5O6. The molecule has 0 aliphatic carbocycles. The number of carboxylic acid groups (broad SMARTS) is 1. The van der Waals surface area contributed by atoms with Crippen LogP contribution in [0.3, 0.4) is 0 Å². The van der Waals surface area contributed by atoms with Crippen molar-refractivity contribution in [1.82, 2.24) is 4.68 Å². The van der Waals surface area contributed by atoms with Crippen molar-refractivity contribution in [2.24, 2.45) is 0 Å². The summed E-state index contributed by atoms with van der Waals surface area (Å²) in [5.74, 6) is -3.51. The first-order valence-corrected chi connectivity index (χ1v) is 10.2. The van der Waals surface area contributed by atoms with Gasteiger partial charge < -0.3 is 26.6 Å². The highest BCUT2D eigenvalue weighted by molar-refractivity contribution is 6.39. The van der Waals surface area contributed by atoms with Gasteiger partial charge in [0.1, 0.15) is 5.97 Å². The fraction of sp³-hybridized carbons (Fsp3) is 0.211. The van der Waals surface area contributed by atoms with Crippen LogP contribution in [0.4, 0.5) is 24.5 Å². The van der Waals surface area contributed by atoms with Gasteiger partial charge in [0.25, 0.3) is 11.2 Å². The molecule has 188 valence electrons. The predicted octanol–water partition coefficient (Wildman–Crippen LogP) is 1.23. The molecule has 0 saturated heterocycles. The summed E-state index contributed by atoms with van der Waals surface area (Å²) in [6.45, 7) is 0.759.